The third kappa shape index (κ3) is 3.87. The highest BCUT2D eigenvalue weighted by Gasteiger charge is 2.36. The van der Waals surface area contributed by atoms with Crippen LogP contribution < -0.4 is 5.43 Å². The van der Waals surface area contributed by atoms with Crippen LogP contribution in [0.2, 0.25) is 0 Å². The van der Waals surface area contributed by atoms with Crippen LogP contribution in [0.1, 0.15) is 17.9 Å². The van der Waals surface area contributed by atoms with Gasteiger partial charge in [-0.3, -0.25) is 4.79 Å². The van der Waals surface area contributed by atoms with Crippen molar-refractivity contribution in [3.05, 3.63) is 55.1 Å². The largest absolute Gasteiger partial charge is 0.507 e. The van der Waals surface area contributed by atoms with Crippen LogP contribution in [0, 0.1) is 0 Å². The molecular weight excluding hydrogens is 541 g/mol. The van der Waals surface area contributed by atoms with E-state index in [0.29, 0.717) is 23.3 Å². The van der Waals surface area contributed by atoms with Crippen molar-refractivity contribution in [2.24, 2.45) is 0 Å². The average molecular weight is 562 g/mol. The molecule has 1 fully saturated rings. The lowest BCUT2D eigenvalue weighted by molar-refractivity contribution is 0.172. The molecule has 0 radical (unpaired) electrons. The first kappa shape index (κ1) is 23.1. The molecule has 1 aliphatic heterocycles. The summed E-state index contributed by atoms with van der Waals surface area (Å²) in [7, 11) is 1.90. The number of aromatic hydroxyl groups is 2. The number of phenols is 2. The lowest BCUT2D eigenvalue weighted by Gasteiger charge is -2.24. The summed E-state index contributed by atoms with van der Waals surface area (Å²) in [6, 6.07) is 7.77. The molecule has 3 aromatic rings. The van der Waals surface area contributed by atoms with E-state index in [1.165, 1.54) is 12.1 Å². The number of hydrogen-bond acceptors (Lipinski definition) is 6. The second-order valence-electron chi connectivity index (χ2n) is 7.26. The molecule has 0 aliphatic carbocycles. The lowest BCUT2D eigenvalue weighted by Crippen LogP contribution is -2.32. The number of nitrogens with zero attached hydrogens (tertiary/aromatic N) is 1. The summed E-state index contributed by atoms with van der Waals surface area (Å²) in [4.78, 5) is 14.9. The highest BCUT2D eigenvalue weighted by atomic mass is 79.9. The molecule has 4 rings (SSSR count). The second-order valence-corrected chi connectivity index (χ2v) is 9.03. The Morgan fingerprint density at radius 3 is 2.57 bits per heavy atom. The smallest absolute Gasteiger partial charge is 0.197 e. The van der Waals surface area contributed by atoms with Crippen LogP contribution in [0.25, 0.3) is 22.3 Å². The zero-order chi connectivity index (χ0) is 20.9. The molecule has 1 saturated heterocycles. The molecule has 1 aromatic heterocycles. The van der Waals surface area contributed by atoms with Crippen molar-refractivity contribution in [3.63, 3.8) is 0 Å². The fourth-order valence-corrected chi connectivity index (χ4v) is 5.36. The number of hydrogen-bond donors (Lipinski definition) is 3. The SMILES string of the molecule is CN1CCC(c2c(O)cc(O)c3c(=O)cc(-c4ccc(Br)cc4Br)oc23)C1CO.Cl. The van der Waals surface area contributed by atoms with Crippen molar-refractivity contribution >= 4 is 55.2 Å². The minimum atomic E-state index is -0.401. The van der Waals surface area contributed by atoms with Gasteiger partial charge in [0.05, 0.1) is 6.61 Å². The molecule has 30 heavy (non-hydrogen) atoms. The van der Waals surface area contributed by atoms with E-state index >= 15 is 0 Å². The number of likely N-dealkylation sites (tertiary alicyclic amines) is 1. The molecule has 2 aromatic carbocycles. The summed E-state index contributed by atoms with van der Waals surface area (Å²) in [5, 5.41) is 30.9. The molecule has 6 nitrogen and oxygen atoms in total. The van der Waals surface area contributed by atoms with E-state index in [9.17, 15) is 20.1 Å². The van der Waals surface area contributed by atoms with Crippen LogP contribution in [0.5, 0.6) is 11.5 Å². The summed E-state index contributed by atoms with van der Waals surface area (Å²) >= 11 is 6.89. The fraction of sp³-hybridized carbons (Fsp3) is 0.286. The molecule has 0 amide bonds. The summed E-state index contributed by atoms with van der Waals surface area (Å²) in [5.74, 6) is -0.396. The minimum Gasteiger partial charge on any atom is -0.507 e. The Morgan fingerprint density at radius 1 is 1.17 bits per heavy atom. The third-order valence-corrected chi connectivity index (χ3v) is 6.73. The van der Waals surface area contributed by atoms with Gasteiger partial charge in [-0.2, -0.15) is 0 Å². The quantitative estimate of drug-likeness (QED) is 0.433. The van der Waals surface area contributed by atoms with Crippen molar-refractivity contribution in [2.75, 3.05) is 20.2 Å². The van der Waals surface area contributed by atoms with Crippen molar-refractivity contribution in [1.82, 2.24) is 4.90 Å². The van der Waals surface area contributed by atoms with Crippen LogP contribution in [0.15, 0.2) is 48.5 Å². The first-order valence-electron chi connectivity index (χ1n) is 9.11. The van der Waals surface area contributed by atoms with Gasteiger partial charge >= 0.3 is 0 Å². The second kappa shape index (κ2) is 8.88. The van der Waals surface area contributed by atoms with Gasteiger partial charge < -0.3 is 24.6 Å². The highest BCUT2D eigenvalue weighted by Crippen LogP contribution is 2.44. The maximum atomic E-state index is 12.9. The average Bonchev–Trinajstić information content (AvgIpc) is 3.01. The maximum Gasteiger partial charge on any atom is 0.197 e. The number of halogens is 3. The number of phenolic OH excluding ortho intramolecular Hbond substituents is 2. The van der Waals surface area contributed by atoms with Gasteiger partial charge in [0.2, 0.25) is 0 Å². The monoisotopic (exact) mass is 559 g/mol. The van der Waals surface area contributed by atoms with Gasteiger partial charge in [0.25, 0.3) is 0 Å². The number of rotatable bonds is 3. The number of aliphatic hydroxyl groups is 1. The van der Waals surface area contributed by atoms with Crippen molar-refractivity contribution in [1.29, 1.82) is 0 Å². The first-order chi connectivity index (χ1) is 13.8. The highest BCUT2D eigenvalue weighted by molar-refractivity contribution is 9.11. The topological polar surface area (TPSA) is 94.1 Å². The van der Waals surface area contributed by atoms with E-state index in [4.69, 9.17) is 4.42 Å². The molecule has 3 N–H and O–H groups in total. The Kier molecular flexibility index (Phi) is 6.84. The van der Waals surface area contributed by atoms with Gasteiger partial charge in [-0.15, -0.1) is 12.4 Å². The van der Waals surface area contributed by atoms with Crippen molar-refractivity contribution in [2.45, 2.75) is 18.4 Å². The van der Waals surface area contributed by atoms with Crippen molar-refractivity contribution in [3.8, 4) is 22.8 Å². The number of fused-ring (bicyclic) bond motifs is 1. The Morgan fingerprint density at radius 2 is 1.90 bits per heavy atom. The zero-order valence-corrected chi connectivity index (χ0v) is 19.9. The Bertz CT molecular complexity index is 1170. The van der Waals surface area contributed by atoms with Crippen molar-refractivity contribution < 1.29 is 19.7 Å². The van der Waals surface area contributed by atoms with Gasteiger partial charge in [-0.25, -0.2) is 0 Å². The van der Waals surface area contributed by atoms with E-state index in [0.717, 1.165) is 15.5 Å². The standard InChI is InChI=1S/C21H19Br2NO5.ClH/c1-24-5-4-12(14(24)9-25)19-15(26)7-16(27)20-17(28)8-18(29-21(19)20)11-3-2-10(22)6-13(11)23;/h2-3,6-8,12,14,25-27H,4-5,9H2,1H3;1H. The van der Waals surface area contributed by atoms with Gasteiger partial charge in [-0.05, 0) is 54.1 Å². The van der Waals surface area contributed by atoms with Gasteiger partial charge in [0, 0.05) is 44.2 Å². The molecule has 1 aliphatic rings. The van der Waals surface area contributed by atoms with Crippen LogP contribution in [0.4, 0.5) is 0 Å². The van der Waals surface area contributed by atoms with Gasteiger partial charge in [0.15, 0.2) is 5.43 Å². The minimum absolute atomic E-state index is 0. The predicted molar refractivity (Wildman–Crippen MR) is 125 cm³/mol. The Hall–Kier alpha value is -1.58. The summed E-state index contributed by atoms with van der Waals surface area (Å²) in [6.45, 7) is 0.644. The third-order valence-electron chi connectivity index (χ3n) is 5.58. The molecule has 9 heteroatoms. The number of aliphatic hydroxyl groups excluding tert-OH is 1. The number of benzene rings is 2. The maximum absolute atomic E-state index is 12.9. The normalized spacial score (nSPS) is 19.2. The van der Waals surface area contributed by atoms with E-state index in [1.807, 2.05) is 24.1 Å². The van der Waals surface area contributed by atoms with E-state index in [-0.39, 0.29) is 53.4 Å². The van der Waals surface area contributed by atoms with Crippen LogP contribution in [0.3, 0.4) is 0 Å². The van der Waals surface area contributed by atoms with Crippen LogP contribution >= 0.6 is 44.3 Å². The molecule has 2 unspecified atom stereocenters. The molecule has 0 spiro atoms. The van der Waals surface area contributed by atoms with Gasteiger partial charge in [0.1, 0.15) is 28.2 Å². The van der Waals surface area contributed by atoms with Crippen LogP contribution in [-0.4, -0.2) is 46.5 Å². The first-order valence-corrected chi connectivity index (χ1v) is 10.7. The molecule has 160 valence electrons. The zero-order valence-electron chi connectivity index (χ0n) is 15.9. The molecule has 0 bridgehead atoms. The molecule has 2 atom stereocenters. The molecule has 0 saturated carbocycles. The van der Waals surface area contributed by atoms with E-state index in [1.54, 1.807) is 6.07 Å². The molecular formula is C21H20Br2ClNO5. The predicted octanol–water partition coefficient (Wildman–Crippen LogP) is 4.60. The summed E-state index contributed by atoms with van der Waals surface area (Å²) in [5.41, 5.74) is 0.858. The van der Waals surface area contributed by atoms with Crippen LogP contribution in [-0.2, 0) is 0 Å². The summed E-state index contributed by atoms with van der Waals surface area (Å²) in [6.07, 6.45) is 0.686. The Labute approximate surface area is 195 Å². The Balaban J connectivity index is 0.00000256. The van der Waals surface area contributed by atoms with Gasteiger partial charge in [-0.1, -0.05) is 15.9 Å². The van der Waals surface area contributed by atoms with E-state index < -0.39 is 5.43 Å². The molecule has 2 heterocycles. The summed E-state index contributed by atoms with van der Waals surface area (Å²) < 4.78 is 7.72. The number of likely N-dealkylation sites (N-methyl/N-ethyl adjacent to an activating group) is 1. The fourth-order valence-electron chi connectivity index (χ4n) is 4.11. The van der Waals surface area contributed by atoms with E-state index in [2.05, 4.69) is 31.9 Å². The lowest BCUT2D eigenvalue weighted by atomic mass is 9.89.